The lowest BCUT2D eigenvalue weighted by Gasteiger charge is -2.35. The maximum Gasteiger partial charge on any atom is 0.312 e. The van der Waals surface area contributed by atoms with Crippen molar-refractivity contribution in [3.63, 3.8) is 0 Å². The fourth-order valence-electron chi connectivity index (χ4n) is 6.46. The van der Waals surface area contributed by atoms with Gasteiger partial charge in [0.05, 0.1) is 18.6 Å². The topological polar surface area (TPSA) is 96.4 Å². The van der Waals surface area contributed by atoms with Gasteiger partial charge in [0, 0.05) is 25.4 Å². The minimum atomic E-state index is -1.28. The zero-order valence-corrected chi connectivity index (χ0v) is 21.2. The van der Waals surface area contributed by atoms with E-state index in [0.29, 0.717) is 32.4 Å². The Morgan fingerprint density at radius 3 is 2.68 bits per heavy atom. The Morgan fingerprint density at radius 2 is 1.84 bits per heavy atom. The molecule has 5 atom stereocenters. The van der Waals surface area contributed by atoms with Gasteiger partial charge in [-0.1, -0.05) is 54.6 Å². The predicted octanol–water partition coefficient (Wildman–Crippen LogP) is 2.99. The smallest absolute Gasteiger partial charge is 0.312 e. The molecule has 38 heavy (non-hydrogen) atoms. The van der Waals surface area contributed by atoms with E-state index in [4.69, 9.17) is 9.47 Å². The quantitative estimate of drug-likeness (QED) is 0.373. The summed E-state index contributed by atoms with van der Waals surface area (Å²) in [6.07, 6.45) is 9.39. The first-order chi connectivity index (χ1) is 18.5. The second-order valence-electron chi connectivity index (χ2n) is 10.4. The first-order valence-electron chi connectivity index (χ1n) is 13.5. The van der Waals surface area contributed by atoms with Crippen LogP contribution in [0.1, 0.15) is 25.7 Å². The third-order valence-electron chi connectivity index (χ3n) is 8.20. The van der Waals surface area contributed by atoms with Crippen molar-refractivity contribution >= 4 is 34.2 Å². The number of anilines is 1. The van der Waals surface area contributed by atoms with E-state index in [0.717, 1.165) is 22.9 Å². The second kappa shape index (κ2) is 10.0. The van der Waals surface area contributed by atoms with Gasteiger partial charge in [-0.3, -0.25) is 14.4 Å². The number of rotatable bonds is 5. The number of carbonyl (C=O) groups is 3. The van der Waals surface area contributed by atoms with Crippen molar-refractivity contribution in [3.05, 3.63) is 66.8 Å². The van der Waals surface area contributed by atoms with Crippen LogP contribution in [0.15, 0.2) is 66.8 Å². The van der Waals surface area contributed by atoms with Gasteiger partial charge in [0.2, 0.25) is 5.91 Å². The molecule has 0 aliphatic carbocycles. The van der Waals surface area contributed by atoms with Crippen molar-refractivity contribution in [2.45, 2.75) is 43.4 Å². The first kappa shape index (κ1) is 24.8. The van der Waals surface area contributed by atoms with Crippen molar-refractivity contribution in [2.24, 2.45) is 11.8 Å². The number of cyclic esters (lactones) is 1. The van der Waals surface area contributed by atoms with Gasteiger partial charge < -0.3 is 24.4 Å². The maximum atomic E-state index is 14.4. The van der Waals surface area contributed by atoms with E-state index in [-0.39, 0.29) is 25.0 Å². The molecule has 0 saturated carbocycles. The number of ether oxygens (including phenoxy) is 2. The van der Waals surface area contributed by atoms with Crippen molar-refractivity contribution in [3.8, 4) is 0 Å². The number of allylic oxidation sites excluding steroid dienone is 1. The molecule has 6 rings (SSSR count). The molecule has 4 aliphatic heterocycles. The molecule has 8 heteroatoms. The number of nitrogens with zero attached hydrogens (tertiary/aromatic N) is 2. The van der Waals surface area contributed by atoms with E-state index >= 15 is 0 Å². The van der Waals surface area contributed by atoms with Crippen LogP contribution in [-0.4, -0.2) is 71.8 Å². The summed E-state index contributed by atoms with van der Waals surface area (Å²) in [5.41, 5.74) is -0.543. The molecule has 2 aromatic rings. The number of benzene rings is 2. The van der Waals surface area contributed by atoms with Gasteiger partial charge in [0.1, 0.15) is 17.6 Å². The number of carbonyl (C=O) groups excluding carboxylic acids is 3. The largest absolute Gasteiger partial charge is 0.465 e. The average Bonchev–Trinajstić information content (AvgIpc) is 3.33. The Bertz CT molecular complexity index is 1320. The summed E-state index contributed by atoms with van der Waals surface area (Å²) in [5, 5.41) is 11.5. The van der Waals surface area contributed by atoms with E-state index in [9.17, 15) is 19.5 Å². The molecule has 2 aromatic carbocycles. The predicted molar refractivity (Wildman–Crippen MR) is 141 cm³/mol. The Morgan fingerprint density at radius 1 is 1.00 bits per heavy atom. The Labute approximate surface area is 221 Å². The number of esters is 1. The molecule has 2 amide bonds. The summed E-state index contributed by atoms with van der Waals surface area (Å²) in [5.74, 6) is -2.66. The first-order valence-corrected chi connectivity index (χ1v) is 13.5. The number of unbranched alkanes of at least 4 members (excludes halogenated alkanes) is 1. The SMILES string of the molecule is O=C1OCCC/C=C\[C@@H]2O[C@]34C=CCN(c5ccc6ccccc6c5)C(=O)C3N(CCCCO)C(=O)[C@@H]4[C@H]12. The lowest BCUT2D eigenvalue weighted by atomic mass is 9.78. The normalized spacial score (nSPS) is 31.7. The molecule has 8 nitrogen and oxygen atoms in total. The van der Waals surface area contributed by atoms with Crippen molar-refractivity contribution < 1.29 is 29.0 Å². The molecule has 4 heterocycles. The summed E-state index contributed by atoms with van der Waals surface area (Å²) in [7, 11) is 0. The molecule has 2 fully saturated rings. The molecule has 1 N–H and O–H groups in total. The standard InChI is InChI=1S/C30H32N2O6/c33-17-6-5-15-32-26-28(35)31(22-13-12-20-9-3-4-10-21(20)19-22)16-8-14-30(26)25(27(32)34)24-23(38-30)11-2-1-7-18-37-29(24)36/h2-4,8-14,19,23-26,33H,1,5-7,15-18H2/b11-2-/t23-,24+,25-,26?,30-/m0/s1. The number of hydrogen-bond donors (Lipinski definition) is 1. The summed E-state index contributed by atoms with van der Waals surface area (Å²) in [4.78, 5) is 45.0. The van der Waals surface area contributed by atoms with Gasteiger partial charge in [-0.2, -0.15) is 0 Å². The van der Waals surface area contributed by atoms with E-state index in [1.807, 2.05) is 66.8 Å². The summed E-state index contributed by atoms with van der Waals surface area (Å²) in [6, 6.07) is 12.9. The summed E-state index contributed by atoms with van der Waals surface area (Å²) in [6.45, 7) is 0.893. The van der Waals surface area contributed by atoms with Gasteiger partial charge in [-0.25, -0.2) is 0 Å². The zero-order valence-electron chi connectivity index (χ0n) is 21.2. The number of hydrogen-bond acceptors (Lipinski definition) is 6. The Balaban J connectivity index is 1.43. The van der Waals surface area contributed by atoms with Gasteiger partial charge in [-0.05, 0) is 48.6 Å². The maximum absolute atomic E-state index is 14.4. The van der Waals surface area contributed by atoms with Gasteiger partial charge >= 0.3 is 5.97 Å². The number of likely N-dealkylation sites (tertiary alicyclic amines) is 1. The van der Waals surface area contributed by atoms with Crippen LogP contribution in [0.3, 0.4) is 0 Å². The Hall–Kier alpha value is -3.49. The van der Waals surface area contributed by atoms with Crippen LogP contribution in [0, 0.1) is 11.8 Å². The molecule has 0 aromatic heterocycles. The number of aliphatic hydroxyl groups is 1. The lowest BCUT2D eigenvalue weighted by molar-refractivity contribution is -0.154. The van der Waals surface area contributed by atoms with Crippen LogP contribution in [-0.2, 0) is 23.9 Å². The number of fused-ring (bicyclic) bond motifs is 3. The fourth-order valence-corrected chi connectivity index (χ4v) is 6.46. The fraction of sp³-hybridized carbons (Fsp3) is 0.433. The third kappa shape index (κ3) is 3.94. The molecule has 2 saturated heterocycles. The molecule has 198 valence electrons. The number of aliphatic hydroxyl groups excluding tert-OH is 1. The van der Waals surface area contributed by atoms with Gasteiger partial charge in [0.15, 0.2) is 0 Å². The van der Waals surface area contributed by atoms with Crippen LogP contribution in [0.2, 0.25) is 0 Å². The van der Waals surface area contributed by atoms with Crippen molar-refractivity contribution in [2.75, 3.05) is 31.2 Å². The van der Waals surface area contributed by atoms with E-state index in [1.165, 1.54) is 0 Å². The highest BCUT2D eigenvalue weighted by atomic mass is 16.6. The minimum absolute atomic E-state index is 0.00332. The van der Waals surface area contributed by atoms with Crippen LogP contribution in [0.5, 0.6) is 0 Å². The van der Waals surface area contributed by atoms with Gasteiger partial charge in [-0.15, -0.1) is 0 Å². The molecule has 4 aliphatic rings. The highest BCUT2D eigenvalue weighted by Crippen LogP contribution is 2.53. The molecule has 0 bridgehead atoms. The summed E-state index contributed by atoms with van der Waals surface area (Å²) < 4.78 is 12.2. The molecular weight excluding hydrogens is 484 g/mol. The van der Waals surface area contributed by atoms with Crippen LogP contribution in [0.25, 0.3) is 10.8 Å². The van der Waals surface area contributed by atoms with Gasteiger partial charge in [0.25, 0.3) is 5.91 Å². The molecule has 0 radical (unpaired) electrons. The molecular formula is C30H32N2O6. The van der Waals surface area contributed by atoms with E-state index < -0.39 is 35.6 Å². The molecule has 1 spiro atoms. The van der Waals surface area contributed by atoms with E-state index in [1.54, 1.807) is 9.80 Å². The Kier molecular flexibility index (Phi) is 6.53. The lowest BCUT2D eigenvalue weighted by Crippen LogP contribution is -2.55. The highest BCUT2D eigenvalue weighted by molar-refractivity contribution is 6.06. The average molecular weight is 517 g/mol. The number of amides is 2. The minimum Gasteiger partial charge on any atom is -0.465 e. The highest BCUT2D eigenvalue weighted by Gasteiger charge is 2.71. The van der Waals surface area contributed by atoms with Crippen molar-refractivity contribution in [1.29, 1.82) is 0 Å². The van der Waals surface area contributed by atoms with Crippen molar-refractivity contribution in [1.82, 2.24) is 4.90 Å². The van der Waals surface area contributed by atoms with Crippen LogP contribution in [0.4, 0.5) is 5.69 Å². The molecule has 1 unspecified atom stereocenters. The summed E-state index contributed by atoms with van der Waals surface area (Å²) >= 11 is 0. The second-order valence-corrected chi connectivity index (χ2v) is 10.4. The monoisotopic (exact) mass is 516 g/mol. The third-order valence-corrected chi connectivity index (χ3v) is 8.20. The van der Waals surface area contributed by atoms with Crippen LogP contribution < -0.4 is 4.90 Å². The zero-order chi connectivity index (χ0) is 26.3. The van der Waals surface area contributed by atoms with E-state index in [2.05, 4.69) is 0 Å². The van der Waals surface area contributed by atoms with Crippen LogP contribution >= 0.6 is 0 Å².